The molecule has 1 amide bonds. The van der Waals surface area contributed by atoms with Gasteiger partial charge in [0.1, 0.15) is 11.4 Å². The molecule has 2 aromatic rings. The lowest BCUT2D eigenvalue weighted by Crippen LogP contribution is -2.24. The molecule has 1 heterocycles. The summed E-state index contributed by atoms with van der Waals surface area (Å²) < 4.78 is 4.88. The Hall–Kier alpha value is -2.63. The summed E-state index contributed by atoms with van der Waals surface area (Å²) in [6.07, 6.45) is 1.47. The SMILES string of the molecule is COc1nccc(C(=O)NCc2cc(C)c(O)c(C)c2)n1. The molecule has 6 heteroatoms. The highest BCUT2D eigenvalue weighted by Gasteiger charge is 2.10. The predicted octanol–water partition coefficient (Wildman–Crippen LogP) is 1.74. The maximum Gasteiger partial charge on any atom is 0.316 e. The van der Waals surface area contributed by atoms with Crippen molar-refractivity contribution in [2.45, 2.75) is 20.4 Å². The summed E-state index contributed by atoms with van der Waals surface area (Å²) in [5.41, 5.74) is 2.72. The number of ether oxygens (including phenoxy) is 1. The zero-order valence-corrected chi connectivity index (χ0v) is 12.2. The second-order valence-corrected chi connectivity index (χ2v) is 4.69. The van der Waals surface area contributed by atoms with E-state index in [-0.39, 0.29) is 23.4 Å². The minimum atomic E-state index is -0.306. The molecule has 2 N–H and O–H groups in total. The first kappa shape index (κ1) is 14.8. The predicted molar refractivity (Wildman–Crippen MR) is 77.3 cm³/mol. The van der Waals surface area contributed by atoms with E-state index in [1.807, 2.05) is 26.0 Å². The van der Waals surface area contributed by atoms with Gasteiger partial charge >= 0.3 is 6.01 Å². The van der Waals surface area contributed by atoms with E-state index < -0.39 is 0 Å². The quantitative estimate of drug-likeness (QED) is 0.894. The fourth-order valence-corrected chi connectivity index (χ4v) is 1.99. The van der Waals surface area contributed by atoms with Crippen molar-refractivity contribution in [3.05, 3.63) is 46.8 Å². The zero-order chi connectivity index (χ0) is 15.4. The second kappa shape index (κ2) is 6.21. The van der Waals surface area contributed by atoms with Crippen molar-refractivity contribution < 1.29 is 14.6 Å². The van der Waals surface area contributed by atoms with E-state index in [2.05, 4.69) is 15.3 Å². The number of benzene rings is 1. The third-order valence-corrected chi connectivity index (χ3v) is 3.05. The van der Waals surface area contributed by atoms with Crippen LogP contribution in [0.1, 0.15) is 27.2 Å². The van der Waals surface area contributed by atoms with Gasteiger partial charge in [0.25, 0.3) is 5.91 Å². The molecule has 0 spiro atoms. The molecule has 21 heavy (non-hydrogen) atoms. The lowest BCUT2D eigenvalue weighted by Gasteiger charge is -2.09. The smallest absolute Gasteiger partial charge is 0.316 e. The molecular formula is C15H17N3O3. The highest BCUT2D eigenvalue weighted by molar-refractivity contribution is 5.92. The summed E-state index contributed by atoms with van der Waals surface area (Å²) in [5.74, 6) is -0.0234. The second-order valence-electron chi connectivity index (χ2n) is 4.69. The van der Waals surface area contributed by atoms with Crippen LogP contribution < -0.4 is 10.1 Å². The van der Waals surface area contributed by atoms with Gasteiger partial charge in [0.05, 0.1) is 7.11 Å². The summed E-state index contributed by atoms with van der Waals surface area (Å²) in [7, 11) is 1.44. The van der Waals surface area contributed by atoms with E-state index in [9.17, 15) is 9.90 Å². The van der Waals surface area contributed by atoms with Crippen LogP contribution in [0.4, 0.5) is 0 Å². The van der Waals surface area contributed by atoms with Gasteiger partial charge in [-0.15, -0.1) is 0 Å². The Balaban J connectivity index is 2.07. The maximum atomic E-state index is 12.0. The number of rotatable bonds is 4. The van der Waals surface area contributed by atoms with E-state index in [0.29, 0.717) is 6.54 Å². The normalized spacial score (nSPS) is 10.2. The first-order valence-electron chi connectivity index (χ1n) is 6.45. The molecule has 0 aliphatic rings. The Bertz CT molecular complexity index is 648. The van der Waals surface area contributed by atoms with Crippen molar-refractivity contribution in [1.29, 1.82) is 0 Å². The van der Waals surface area contributed by atoms with Crippen molar-refractivity contribution in [1.82, 2.24) is 15.3 Å². The standard InChI is InChI=1S/C15H17N3O3/c1-9-6-11(7-10(2)13(9)19)8-17-14(20)12-4-5-16-15(18-12)21-3/h4-7,19H,8H2,1-3H3,(H,17,20). The largest absolute Gasteiger partial charge is 0.507 e. The number of aromatic hydroxyl groups is 1. The number of phenolic OH excluding ortho intramolecular Hbond substituents is 1. The molecule has 0 saturated carbocycles. The highest BCUT2D eigenvalue weighted by atomic mass is 16.5. The topological polar surface area (TPSA) is 84.3 Å². The summed E-state index contributed by atoms with van der Waals surface area (Å²) in [6.45, 7) is 4.00. The van der Waals surface area contributed by atoms with Crippen LogP contribution in [-0.2, 0) is 6.54 Å². The molecule has 6 nitrogen and oxygen atoms in total. The van der Waals surface area contributed by atoms with Gasteiger partial charge in [-0.25, -0.2) is 4.98 Å². The highest BCUT2D eigenvalue weighted by Crippen LogP contribution is 2.22. The summed E-state index contributed by atoms with van der Waals surface area (Å²) in [4.78, 5) is 19.8. The molecule has 0 aliphatic carbocycles. The van der Waals surface area contributed by atoms with Crippen molar-refractivity contribution in [3.8, 4) is 11.8 Å². The van der Waals surface area contributed by atoms with Crippen LogP contribution in [0.2, 0.25) is 0 Å². The number of hydrogen-bond acceptors (Lipinski definition) is 5. The third-order valence-electron chi connectivity index (χ3n) is 3.05. The van der Waals surface area contributed by atoms with Crippen molar-refractivity contribution in [3.63, 3.8) is 0 Å². The number of aromatic nitrogens is 2. The minimum Gasteiger partial charge on any atom is -0.507 e. The molecule has 110 valence electrons. The van der Waals surface area contributed by atoms with E-state index in [4.69, 9.17) is 4.74 Å². The molecular weight excluding hydrogens is 270 g/mol. The maximum absolute atomic E-state index is 12.0. The summed E-state index contributed by atoms with van der Waals surface area (Å²) in [5, 5.41) is 12.5. The average Bonchev–Trinajstić information content (AvgIpc) is 2.50. The molecule has 0 atom stereocenters. The minimum absolute atomic E-state index is 0.152. The van der Waals surface area contributed by atoms with Crippen LogP contribution >= 0.6 is 0 Å². The van der Waals surface area contributed by atoms with Crippen molar-refractivity contribution in [2.24, 2.45) is 0 Å². The average molecular weight is 287 g/mol. The molecule has 0 saturated heterocycles. The van der Waals surface area contributed by atoms with Gasteiger partial charge in [-0.2, -0.15) is 4.98 Å². The van der Waals surface area contributed by atoms with Crippen molar-refractivity contribution >= 4 is 5.91 Å². The molecule has 0 aliphatic heterocycles. The van der Waals surface area contributed by atoms with Gasteiger partial charge in [-0.3, -0.25) is 4.79 Å². The van der Waals surface area contributed by atoms with Crippen LogP contribution in [0.3, 0.4) is 0 Å². The fourth-order valence-electron chi connectivity index (χ4n) is 1.99. The number of methoxy groups -OCH3 is 1. The van der Waals surface area contributed by atoms with Gasteiger partial charge in [0.2, 0.25) is 0 Å². The number of nitrogens with zero attached hydrogens (tertiary/aromatic N) is 2. The van der Waals surface area contributed by atoms with E-state index in [0.717, 1.165) is 16.7 Å². The molecule has 1 aromatic carbocycles. The number of phenols is 1. The Morgan fingerprint density at radius 2 is 2.00 bits per heavy atom. The lowest BCUT2D eigenvalue weighted by molar-refractivity contribution is 0.0944. The fraction of sp³-hybridized carbons (Fsp3) is 0.267. The van der Waals surface area contributed by atoms with Crippen LogP contribution in [-0.4, -0.2) is 28.1 Å². The summed E-state index contributed by atoms with van der Waals surface area (Å²) in [6, 6.07) is 5.34. The first-order valence-corrected chi connectivity index (χ1v) is 6.45. The van der Waals surface area contributed by atoms with E-state index in [1.165, 1.54) is 19.4 Å². The van der Waals surface area contributed by atoms with Gasteiger partial charge in [0, 0.05) is 12.7 Å². The Morgan fingerprint density at radius 3 is 2.62 bits per heavy atom. The number of carbonyl (C=O) groups is 1. The lowest BCUT2D eigenvalue weighted by atomic mass is 10.1. The number of nitrogens with one attached hydrogen (secondary N) is 1. The van der Waals surface area contributed by atoms with Gasteiger partial charge < -0.3 is 15.2 Å². The van der Waals surface area contributed by atoms with Gasteiger partial charge in [-0.05, 0) is 36.6 Å². The number of hydrogen-bond donors (Lipinski definition) is 2. The van der Waals surface area contributed by atoms with Crippen molar-refractivity contribution in [2.75, 3.05) is 7.11 Å². The van der Waals surface area contributed by atoms with Gasteiger partial charge in [0.15, 0.2) is 0 Å². The number of aryl methyl sites for hydroxylation is 2. The van der Waals surface area contributed by atoms with E-state index in [1.54, 1.807) is 0 Å². The van der Waals surface area contributed by atoms with Crippen LogP contribution in [0.25, 0.3) is 0 Å². The molecule has 0 bridgehead atoms. The van der Waals surface area contributed by atoms with Crippen LogP contribution in [0.5, 0.6) is 11.8 Å². The molecule has 2 rings (SSSR count). The number of amides is 1. The first-order chi connectivity index (χ1) is 10.0. The zero-order valence-electron chi connectivity index (χ0n) is 12.2. The number of carbonyl (C=O) groups excluding carboxylic acids is 1. The molecule has 0 fully saturated rings. The molecule has 0 radical (unpaired) electrons. The monoisotopic (exact) mass is 287 g/mol. The Labute approximate surface area is 122 Å². The third kappa shape index (κ3) is 3.47. The summed E-state index contributed by atoms with van der Waals surface area (Å²) >= 11 is 0. The van der Waals surface area contributed by atoms with Gasteiger partial charge in [-0.1, -0.05) is 12.1 Å². The molecule has 1 aromatic heterocycles. The van der Waals surface area contributed by atoms with E-state index >= 15 is 0 Å². The van der Waals surface area contributed by atoms with Crippen LogP contribution in [0.15, 0.2) is 24.4 Å². The molecule has 0 unspecified atom stereocenters. The Kier molecular flexibility index (Phi) is 4.37. The Morgan fingerprint density at radius 1 is 1.33 bits per heavy atom. The van der Waals surface area contributed by atoms with Crippen LogP contribution in [0, 0.1) is 13.8 Å².